The second kappa shape index (κ2) is 2.71. The first-order valence-electron chi connectivity index (χ1n) is 3.19. The third kappa shape index (κ3) is 1.26. The quantitative estimate of drug-likeness (QED) is 0.468. The van der Waals surface area contributed by atoms with Crippen LogP contribution in [-0.2, 0) is 6.33 Å². The number of alkyl halides is 1. The average Bonchev–Trinajstić information content (AvgIpc) is 2.02. The van der Waals surface area contributed by atoms with Crippen molar-refractivity contribution < 1.29 is 25.6 Å². The molecule has 4 heteroatoms. The summed E-state index contributed by atoms with van der Waals surface area (Å²) in [5.41, 5.74) is 2.38. The zero-order chi connectivity index (χ0) is 7.73. The van der Waals surface area contributed by atoms with Gasteiger partial charge in [-0.25, -0.2) is 0 Å². The van der Waals surface area contributed by atoms with Gasteiger partial charge in [-0.1, -0.05) is 0 Å². The van der Waals surface area contributed by atoms with Gasteiger partial charge in [-0.3, -0.25) is 0 Å². The minimum absolute atomic E-state index is 1.19. The third-order valence-corrected chi connectivity index (χ3v) is 6.51. The van der Waals surface area contributed by atoms with E-state index in [-0.39, 0.29) is 0 Å². The van der Waals surface area contributed by atoms with Gasteiger partial charge in [0.15, 0.2) is 0 Å². The Bertz CT molecular complexity index is 248. The van der Waals surface area contributed by atoms with Crippen molar-refractivity contribution in [1.29, 1.82) is 0 Å². The van der Waals surface area contributed by atoms with E-state index in [9.17, 15) is 0 Å². The second-order valence-corrected chi connectivity index (χ2v) is 8.46. The van der Waals surface area contributed by atoms with E-state index in [2.05, 4.69) is 5.64 Å². The van der Waals surface area contributed by atoms with Crippen LogP contribution in [0.1, 0.15) is 0 Å². The first-order chi connectivity index (χ1) is 5.31. The van der Waals surface area contributed by atoms with Gasteiger partial charge in [0.2, 0.25) is 0 Å². The van der Waals surface area contributed by atoms with Gasteiger partial charge in [-0.2, -0.15) is 0 Å². The standard InChI is InChI=1S/C7H9INO2/c1-8(10-9-11-8)7-5-3-2-4-6-7/h2-6,9H,1H3/q-1. The fourth-order valence-corrected chi connectivity index (χ4v) is 3.81. The molecule has 0 aliphatic carbocycles. The van der Waals surface area contributed by atoms with Crippen molar-refractivity contribution in [2.45, 2.75) is 0 Å². The topological polar surface area (TPSA) is 30.5 Å². The summed E-state index contributed by atoms with van der Waals surface area (Å²) < 4.78 is 11.6. The molecule has 3 nitrogen and oxygen atoms in total. The van der Waals surface area contributed by atoms with Gasteiger partial charge < -0.3 is 0 Å². The van der Waals surface area contributed by atoms with Crippen LogP contribution in [0.5, 0.6) is 0 Å². The molecule has 0 unspecified atom stereocenters. The van der Waals surface area contributed by atoms with E-state index >= 15 is 0 Å². The SMILES string of the molecule is C[I-]1(c2ccccc2)ONO1. The van der Waals surface area contributed by atoms with E-state index in [0.717, 1.165) is 0 Å². The Morgan fingerprint density at radius 3 is 2.27 bits per heavy atom. The summed E-state index contributed by atoms with van der Waals surface area (Å²) in [4.78, 5) is 2.04. The van der Waals surface area contributed by atoms with Crippen molar-refractivity contribution >= 4 is 0 Å². The molecule has 0 aromatic heterocycles. The summed E-state index contributed by atoms with van der Waals surface area (Å²) in [5, 5.41) is 0. The molecule has 1 aliphatic rings. The summed E-state index contributed by atoms with van der Waals surface area (Å²) in [6.07, 6.45) is 0. The van der Waals surface area contributed by atoms with Crippen molar-refractivity contribution in [2.24, 2.45) is 0 Å². The zero-order valence-electron chi connectivity index (χ0n) is 6.08. The van der Waals surface area contributed by atoms with E-state index in [1.165, 1.54) is 3.57 Å². The van der Waals surface area contributed by atoms with Crippen LogP contribution in [0.2, 0.25) is 0 Å². The summed E-state index contributed by atoms with van der Waals surface area (Å²) in [7, 11) is 0. The molecular weight excluding hydrogens is 257 g/mol. The Balaban J connectivity index is 2.29. The first kappa shape index (κ1) is 7.48. The minimum atomic E-state index is -2.39. The number of nitrogens with one attached hydrogen (secondary N) is 1. The third-order valence-electron chi connectivity index (χ3n) is 1.49. The molecule has 0 saturated carbocycles. The number of rotatable bonds is 1. The van der Waals surface area contributed by atoms with Gasteiger partial charge in [0.25, 0.3) is 0 Å². The molecule has 1 aromatic rings. The van der Waals surface area contributed by atoms with Crippen molar-refractivity contribution in [3.8, 4) is 0 Å². The van der Waals surface area contributed by atoms with Crippen molar-refractivity contribution in [1.82, 2.24) is 5.64 Å². The predicted octanol–water partition coefficient (Wildman–Crippen LogP) is -2.06. The molecule has 2 rings (SSSR count). The Hall–Kier alpha value is -0.170. The van der Waals surface area contributed by atoms with E-state index < -0.39 is 19.3 Å². The molecule has 1 aromatic carbocycles. The molecule has 0 atom stereocenters. The van der Waals surface area contributed by atoms with Gasteiger partial charge in [-0.05, 0) is 0 Å². The predicted molar refractivity (Wildman–Crippen MR) is 36.4 cm³/mol. The molecule has 1 saturated heterocycles. The van der Waals surface area contributed by atoms with Crippen molar-refractivity contribution in [3.05, 3.63) is 33.9 Å². The van der Waals surface area contributed by atoms with Crippen molar-refractivity contribution in [3.63, 3.8) is 0 Å². The average molecular weight is 266 g/mol. The van der Waals surface area contributed by atoms with Crippen LogP contribution in [0, 0.1) is 3.57 Å². The maximum atomic E-state index is 5.21. The second-order valence-electron chi connectivity index (χ2n) is 2.25. The normalized spacial score (nSPS) is 23.7. The summed E-state index contributed by atoms with van der Waals surface area (Å²) >= 11 is -2.39. The molecule has 0 radical (unpaired) electrons. The molecule has 0 bridgehead atoms. The summed E-state index contributed by atoms with van der Waals surface area (Å²) in [6.45, 7) is 0. The Labute approximate surface area is 70.2 Å². The van der Waals surface area contributed by atoms with Crippen LogP contribution >= 0.6 is 0 Å². The fourth-order valence-electron chi connectivity index (χ4n) is 0.859. The molecule has 1 heterocycles. The van der Waals surface area contributed by atoms with Crippen LogP contribution in [0.4, 0.5) is 0 Å². The van der Waals surface area contributed by atoms with Crippen LogP contribution in [-0.4, -0.2) is 4.93 Å². The fraction of sp³-hybridized carbons (Fsp3) is 0.143. The van der Waals surface area contributed by atoms with Crippen LogP contribution in [0.25, 0.3) is 0 Å². The van der Waals surface area contributed by atoms with E-state index in [4.69, 9.17) is 6.33 Å². The summed E-state index contributed by atoms with van der Waals surface area (Å²) in [6, 6.07) is 10.1. The number of hydrogen-bond donors (Lipinski definition) is 1. The van der Waals surface area contributed by atoms with Crippen LogP contribution < -0.4 is 24.9 Å². The first-order valence-corrected chi connectivity index (χ1v) is 8.19. The number of hydrogen-bond acceptors (Lipinski definition) is 3. The molecule has 1 N–H and O–H groups in total. The van der Waals surface area contributed by atoms with Gasteiger partial charge in [-0.15, -0.1) is 0 Å². The molecule has 0 spiro atoms. The van der Waals surface area contributed by atoms with E-state index in [0.29, 0.717) is 0 Å². The monoisotopic (exact) mass is 266 g/mol. The Morgan fingerprint density at radius 1 is 1.18 bits per heavy atom. The number of benzene rings is 1. The Morgan fingerprint density at radius 2 is 1.82 bits per heavy atom. The van der Waals surface area contributed by atoms with Gasteiger partial charge >= 0.3 is 70.1 Å². The maximum absolute atomic E-state index is 5.21. The van der Waals surface area contributed by atoms with Gasteiger partial charge in [0.1, 0.15) is 0 Å². The van der Waals surface area contributed by atoms with Gasteiger partial charge in [0, 0.05) is 0 Å². The van der Waals surface area contributed by atoms with Crippen molar-refractivity contribution in [2.75, 3.05) is 4.93 Å². The van der Waals surface area contributed by atoms with E-state index in [1.54, 1.807) is 0 Å². The van der Waals surface area contributed by atoms with E-state index in [1.807, 2.05) is 35.3 Å². The summed E-state index contributed by atoms with van der Waals surface area (Å²) in [5.74, 6) is 0. The molecule has 62 valence electrons. The molecule has 1 aliphatic heterocycles. The number of halogens is 1. The molecule has 11 heavy (non-hydrogen) atoms. The molecule has 0 amide bonds. The molecular formula is C7H9INO2-. The Kier molecular flexibility index (Phi) is 1.84. The van der Waals surface area contributed by atoms with Crippen LogP contribution in [0.3, 0.4) is 0 Å². The molecule has 1 fully saturated rings. The van der Waals surface area contributed by atoms with Gasteiger partial charge in [0.05, 0.1) is 0 Å². The van der Waals surface area contributed by atoms with Crippen LogP contribution in [0.15, 0.2) is 30.3 Å². The zero-order valence-corrected chi connectivity index (χ0v) is 8.24.